The molecule has 10 rings (SSSR count). The zero-order valence-electron chi connectivity index (χ0n) is 35.7. The molecule has 0 aromatic heterocycles. The number of hydrogen-bond donors (Lipinski definition) is 0. The molecule has 0 saturated heterocycles. The van der Waals surface area contributed by atoms with E-state index in [1.165, 1.54) is 89.8 Å². The Hall–Kier alpha value is 0.840. The first kappa shape index (κ1) is 51.3. The van der Waals surface area contributed by atoms with Crippen LogP contribution in [0.5, 0.6) is 0 Å². The molecule has 0 amide bonds. The molecular weight excluding hydrogens is 1170 g/mol. The standard InChI is InChI=1S/C49H38S18/c1-50-37-24-56-43(62-37)46-59-27-40(65-46)53-21-30-9-15-34(16-10-30)49(33-7-5-4-6-8-33,35-17-11-31(12-18-35)22-54-41-28-60-47(66-41)44-57-25-38(51-2)63-44)36-19-13-32(14-20-36)23-55-42-29-61-48(67-42)45-58-26-39(52-3)64-45/h4-20,24-29H,21-23H2,1-3H3/b46-43-,47-44-,48-45-. The molecule has 0 saturated carbocycles. The maximum absolute atomic E-state index is 2.40. The topological polar surface area (TPSA) is 0 Å². The fourth-order valence-corrected chi connectivity index (χ4v) is 28.5. The van der Waals surface area contributed by atoms with E-state index < -0.39 is 5.41 Å². The zero-order chi connectivity index (χ0) is 45.6. The Balaban J connectivity index is 0.893. The zero-order valence-corrected chi connectivity index (χ0v) is 50.4. The highest BCUT2D eigenvalue weighted by Gasteiger charge is 2.38. The minimum atomic E-state index is -0.518. The Morgan fingerprint density at radius 1 is 0.313 bits per heavy atom. The SMILES string of the molecule is CSC1=CS/C(=C2\SC=C(SCc3ccc(C(c4ccccc4)(c4ccc(CSC5=CS/C(=C6\SC=C(SC)S6)S5)cc4)c4ccc(CSC5=CS/C(=C6\SC=C(SC)S6)S5)cc4)cc3)S2)S1. The third-order valence-corrected chi connectivity index (χ3v) is 34.1. The summed E-state index contributed by atoms with van der Waals surface area (Å²) in [4.78, 5) is 0. The molecule has 0 atom stereocenters. The summed E-state index contributed by atoms with van der Waals surface area (Å²) in [6, 6.07) is 39.8. The Morgan fingerprint density at radius 3 is 0.836 bits per heavy atom. The predicted octanol–water partition coefficient (Wildman–Crippen LogP) is 21.9. The van der Waals surface area contributed by atoms with Gasteiger partial charge in [-0.2, -0.15) is 0 Å². The van der Waals surface area contributed by atoms with Gasteiger partial charge >= 0.3 is 0 Å². The van der Waals surface area contributed by atoms with E-state index in [0.717, 1.165) is 17.3 Å². The van der Waals surface area contributed by atoms with Crippen LogP contribution in [0.1, 0.15) is 38.9 Å². The first-order valence-corrected chi connectivity index (χ1v) is 37.1. The summed E-state index contributed by atoms with van der Waals surface area (Å²) in [6.07, 6.45) is 6.48. The van der Waals surface area contributed by atoms with Crippen molar-refractivity contribution < 1.29 is 0 Å². The third-order valence-electron chi connectivity index (χ3n) is 10.3. The van der Waals surface area contributed by atoms with Gasteiger partial charge in [0.15, 0.2) is 0 Å². The molecule has 0 radical (unpaired) electrons. The van der Waals surface area contributed by atoms with E-state index in [1.54, 1.807) is 0 Å². The van der Waals surface area contributed by atoms with Crippen LogP contribution in [0.15, 0.2) is 186 Å². The second-order valence-electron chi connectivity index (χ2n) is 14.4. The van der Waals surface area contributed by atoms with E-state index in [4.69, 9.17) is 0 Å². The number of benzene rings is 4. The summed E-state index contributed by atoms with van der Waals surface area (Å²) >= 11 is 34.1. The van der Waals surface area contributed by atoms with Crippen LogP contribution in [0.4, 0.5) is 0 Å². The van der Waals surface area contributed by atoms with Gasteiger partial charge in [0, 0.05) is 17.3 Å². The predicted molar refractivity (Wildman–Crippen MR) is 340 cm³/mol. The van der Waals surface area contributed by atoms with Crippen molar-refractivity contribution in [3.63, 3.8) is 0 Å². The van der Waals surface area contributed by atoms with E-state index in [9.17, 15) is 0 Å². The molecule has 6 aliphatic heterocycles. The van der Waals surface area contributed by atoms with Gasteiger partial charge in [0.05, 0.1) is 56.3 Å². The van der Waals surface area contributed by atoms with Crippen molar-refractivity contribution in [3.8, 4) is 0 Å². The van der Waals surface area contributed by atoms with Crippen molar-refractivity contribution in [1.82, 2.24) is 0 Å². The molecular formula is C49H38S18. The molecule has 6 aliphatic rings. The number of rotatable bonds is 16. The molecule has 0 aliphatic carbocycles. The lowest BCUT2D eigenvalue weighted by atomic mass is 9.65. The average molecular weight is 1200 g/mol. The Morgan fingerprint density at radius 2 is 0.567 bits per heavy atom. The minimum absolute atomic E-state index is 0.518. The highest BCUT2D eigenvalue weighted by molar-refractivity contribution is 8.42. The van der Waals surface area contributed by atoms with Gasteiger partial charge in [0.25, 0.3) is 0 Å². The summed E-state index contributed by atoms with van der Waals surface area (Å²) in [5.74, 6) is 2.81. The molecule has 342 valence electrons. The van der Waals surface area contributed by atoms with Crippen molar-refractivity contribution in [2.24, 2.45) is 0 Å². The first-order chi connectivity index (χ1) is 33.0. The highest BCUT2D eigenvalue weighted by atomic mass is 32.3. The Bertz CT molecular complexity index is 2510. The van der Waals surface area contributed by atoms with Crippen molar-refractivity contribution in [1.29, 1.82) is 0 Å². The molecule has 0 unspecified atom stereocenters. The van der Waals surface area contributed by atoms with E-state index in [-0.39, 0.29) is 0 Å². The van der Waals surface area contributed by atoms with Gasteiger partial charge in [-0.3, -0.25) is 0 Å². The summed E-state index contributed by atoms with van der Waals surface area (Å²) in [5.41, 5.74) is 8.59. The summed E-state index contributed by atoms with van der Waals surface area (Å²) in [7, 11) is 0. The molecule has 67 heavy (non-hydrogen) atoms. The Kier molecular flexibility index (Phi) is 19.1. The van der Waals surface area contributed by atoms with E-state index in [2.05, 4.69) is 154 Å². The lowest BCUT2D eigenvalue weighted by Crippen LogP contribution is -2.31. The van der Waals surface area contributed by atoms with Crippen LogP contribution in [0, 0.1) is 0 Å². The molecule has 6 heterocycles. The second-order valence-corrected chi connectivity index (χ2v) is 34.6. The highest BCUT2D eigenvalue weighted by Crippen LogP contribution is 2.61. The normalized spacial score (nSPS) is 21.8. The monoisotopic (exact) mass is 1200 g/mol. The molecule has 0 fully saturated rings. The lowest BCUT2D eigenvalue weighted by Gasteiger charge is -2.37. The summed E-state index contributed by atoms with van der Waals surface area (Å²) in [5, 5.41) is 13.9. The van der Waals surface area contributed by atoms with Crippen molar-refractivity contribution in [2.75, 3.05) is 18.8 Å². The fraction of sp³-hybridized carbons (Fsp3) is 0.143. The number of thioether (sulfide) groups is 18. The molecule has 0 N–H and O–H groups in total. The molecule has 0 bridgehead atoms. The summed E-state index contributed by atoms with van der Waals surface area (Å²) < 4.78 is 16.8. The largest absolute Gasteiger partial charge is 0.122 e. The molecule has 0 nitrogen and oxygen atoms in total. The third kappa shape index (κ3) is 12.5. The van der Waals surface area contributed by atoms with Crippen molar-refractivity contribution in [3.05, 3.63) is 225 Å². The average Bonchev–Trinajstić information content (AvgIpc) is 4.25. The van der Waals surface area contributed by atoms with Gasteiger partial charge in [-0.1, -0.05) is 244 Å². The van der Waals surface area contributed by atoms with Crippen molar-refractivity contribution >= 4 is 212 Å². The minimum Gasteiger partial charge on any atom is -0.122 e. The van der Waals surface area contributed by atoms with Crippen molar-refractivity contribution in [2.45, 2.75) is 22.7 Å². The molecule has 4 aromatic carbocycles. The maximum Gasteiger partial charge on any atom is 0.0706 e. The lowest BCUT2D eigenvalue weighted by molar-refractivity contribution is 0.744. The van der Waals surface area contributed by atoms with Crippen LogP contribution < -0.4 is 0 Å². The Labute approximate surface area is 472 Å². The fourth-order valence-electron chi connectivity index (χ4n) is 7.15. The van der Waals surface area contributed by atoms with Gasteiger partial charge < -0.3 is 0 Å². The number of hydrogen-bond acceptors (Lipinski definition) is 18. The van der Waals surface area contributed by atoms with E-state index in [0.29, 0.717) is 0 Å². The summed E-state index contributed by atoms with van der Waals surface area (Å²) in [6.45, 7) is 0. The van der Waals surface area contributed by atoms with Gasteiger partial charge in [-0.05, 0) is 90.2 Å². The maximum atomic E-state index is 2.40. The van der Waals surface area contributed by atoms with E-state index in [1.807, 2.05) is 212 Å². The van der Waals surface area contributed by atoms with Crippen LogP contribution in [0.2, 0.25) is 0 Å². The van der Waals surface area contributed by atoms with Crippen LogP contribution >= 0.6 is 212 Å². The molecule has 0 spiro atoms. The smallest absolute Gasteiger partial charge is 0.0706 e. The van der Waals surface area contributed by atoms with Gasteiger partial charge in [0.2, 0.25) is 0 Å². The van der Waals surface area contributed by atoms with Gasteiger partial charge in [0.1, 0.15) is 0 Å². The second kappa shape index (κ2) is 24.9. The quantitative estimate of drug-likeness (QED) is 0.0977. The first-order valence-electron chi connectivity index (χ1n) is 20.3. The van der Waals surface area contributed by atoms with Crippen LogP contribution in [-0.2, 0) is 22.7 Å². The van der Waals surface area contributed by atoms with Gasteiger partial charge in [-0.25, -0.2) is 0 Å². The van der Waals surface area contributed by atoms with Crippen LogP contribution in [0.25, 0.3) is 0 Å². The van der Waals surface area contributed by atoms with Gasteiger partial charge in [-0.15, -0.1) is 70.6 Å². The molecule has 18 heteroatoms. The van der Waals surface area contributed by atoms with E-state index >= 15 is 0 Å². The van der Waals surface area contributed by atoms with Crippen LogP contribution in [0.3, 0.4) is 0 Å². The molecule has 4 aromatic rings. The van der Waals surface area contributed by atoms with Crippen LogP contribution in [-0.4, -0.2) is 18.8 Å².